The number of halogens is 1. The van der Waals surface area contributed by atoms with Crippen LogP contribution in [0.3, 0.4) is 0 Å². The maximum atomic E-state index is 13.5. The number of para-hydroxylation sites is 1. The minimum atomic E-state index is -3.77. The topological polar surface area (TPSA) is 69.7 Å². The zero-order valence-electron chi connectivity index (χ0n) is 18.3. The summed E-state index contributed by atoms with van der Waals surface area (Å²) < 4.78 is 40.5. The molecular weight excluding hydrogens is 441 g/mol. The molecule has 172 valence electrons. The molecule has 3 aromatic rings. The fourth-order valence-corrected chi connectivity index (χ4v) is 5.43. The molecule has 1 unspecified atom stereocenters. The van der Waals surface area contributed by atoms with Crippen LogP contribution in [0, 0.1) is 5.82 Å². The number of benzene rings is 3. The molecule has 0 spiro atoms. The number of rotatable bonds is 6. The van der Waals surface area contributed by atoms with Crippen molar-refractivity contribution >= 4 is 21.6 Å². The summed E-state index contributed by atoms with van der Waals surface area (Å²) in [6, 6.07) is 22.1. The highest BCUT2D eigenvalue weighted by atomic mass is 32.2. The Bertz CT molecular complexity index is 1230. The van der Waals surface area contributed by atoms with Crippen molar-refractivity contribution in [1.29, 1.82) is 0 Å². The Morgan fingerprint density at radius 1 is 0.909 bits per heavy atom. The summed E-state index contributed by atoms with van der Waals surface area (Å²) >= 11 is 0. The first-order valence-corrected chi connectivity index (χ1v) is 12.3. The molecule has 8 heteroatoms. The van der Waals surface area contributed by atoms with Gasteiger partial charge in [0, 0.05) is 37.4 Å². The second-order valence-corrected chi connectivity index (χ2v) is 9.91. The third kappa shape index (κ3) is 5.13. The number of carbonyl (C=O) groups excluding carboxylic acids is 1. The number of sulfonamides is 1. The van der Waals surface area contributed by atoms with Gasteiger partial charge in [-0.1, -0.05) is 54.6 Å². The molecule has 1 saturated heterocycles. The highest BCUT2D eigenvalue weighted by Crippen LogP contribution is 2.28. The van der Waals surface area contributed by atoms with E-state index in [0.717, 1.165) is 22.9 Å². The number of hydrogen-bond donors (Lipinski definition) is 1. The first kappa shape index (κ1) is 23.1. The van der Waals surface area contributed by atoms with Gasteiger partial charge in [-0.2, -0.15) is 4.31 Å². The molecule has 3 aromatic carbocycles. The molecule has 1 N–H and O–H groups in total. The predicted octanol–water partition coefficient (Wildman–Crippen LogP) is 3.83. The molecule has 0 saturated carbocycles. The van der Waals surface area contributed by atoms with Gasteiger partial charge in [-0.3, -0.25) is 9.69 Å². The molecule has 1 heterocycles. The van der Waals surface area contributed by atoms with E-state index in [1.54, 1.807) is 0 Å². The lowest BCUT2D eigenvalue weighted by Crippen LogP contribution is -2.53. The minimum absolute atomic E-state index is 0.0562. The van der Waals surface area contributed by atoms with Gasteiger partial charge >= 0.3 is 0 Å². The Morgan fingerprint density at radius 3 is 2.27 bits per heavy atom. The van der Waals surface area contributed by atoms with Crippen molar-refractivity contribution in [1.82, 2.24) is 9.21 Å². The number of amides is 1. The van der Waals surface area contributed by atoms with Crippen LogP contribution in [0.25, 0.3) is 11.1 Å². The van der Waals surface area contributed by atoms with E-state index < -0.39 is 21.9 Å². The van der Waals surface area contributed by atoms with Gasteiger partial charge in [-0.05, 0) is 36.8 Å². The Morgan fingerprint density at radius 2 is 1.58 bits per heavy atom. The summed E-state index contributed by atoms with van der Waals surface area (Å²) in [5.74, 6) is -0.740. The maximum Gasteiger partial charge on any atom is 0.243 e. The number of nitrogens with one attached hydrogen (secondary N) is 1. The molecule has 1 aliphatic heterocycles. The number of piperazine rings is 1. The average molecular weight is 468 g/mol. The van der Waals surface area contributed by atoms with E-state index in [4.69, 9.17) is 0 Å². The van der Waals surface area contributed by atoms with Crippen LogP contribution in [-0.2, 0) is 14.8 Å². The summed E-state index contributed by atoms with van der Waals surface area (Å²) in [4.78, 5) is 14.9. The highest BCUT2D eigenvalue weighted by molar-refractivity contribution is 7.89. The summed E-state index contributed by atoms with van der Waals surface area (Å²) in [5.41, 5.74) is 2.68. The van der Waals surface area contributed by atoms with Crippen LogP contribution in [0.2, 0.25) is 0 Å². The number of nitrogens with zero attached hydrogens (tertiary/aromatic N) is 2. The van der Waals surface area contributed by atoms with E-state index in [2.05, 4.69) is 5.32 Å². The summed E-state index contributed by atoms with van der Waals surface area (Å²) in [5, 5.41) is 3.03. The van der Waals surface area contributed by atoms with Crippen LogP contribution in [0.1, 0.15) is 6.92 Å². The van der Waals surface area contributed by atoms with E-state index in [9.17, 15) is 17.6 Å². The van der Waals surface area contributed by atoms with E-state index in [1.807, 2.05) is 66.4 Å². The van der Waals surface area contributed by atoms with Crippen molar-refractivity contribution in [3.05, 3.63) is 84.7 Å². The minimum Gasteiger partial charge on any atom is -0.324 e. The molecule has 0 aliphatic carbocycles. The van der Waals surface area contributed by atoms with E-state index in [1.165, 1.54) is 22.5 Å². The molecule has 0 bridgehead atoms. The fraction of sp³-hybridized carbons (Fsp3) is 0.240. The van der Waals surface area contributed by atoms with Crippen molar-refractivity contribution in [2.45, 2.75) is 17.9 Å². The van der Waals surface area contributed by atoms with Crippen LogP contribution in [0.15, 0.2) is 83.8 Å². The SMILES string of the molecule is CC(C(=O)Nc1ccccc1-c1ccccc1)N1CCN(S(=O)(=O)c2cccc(F)c2)CC1. The third-order valence-electron chi connectivity index (χ3n) is 5.90. The first-order chi connectivity index (χ1) is 15.9. The Balaban J connectivity index is 1.41. The number of hydrogen-bond acceptors (Lipinski definition) is 4. The average Bonchev–Trinajstić information content (AvgIpc) is 2.84. The van der Waals surface area contributed by atoms with Crippen molar-refractivity contribution < 1.29 is 17.6 Å². The number of carbonyl (C=O) groups is 1. The van der Waals surface area contributed by atoms with Crippen LogP contribution in [-0.4, -0.2) is 55.8 Å². The van der Waals surface area contributed by atoms with Crippen LogP contribution >= 0.6 is 0 Å². The van der Waals surface area contributed by atoms with Gasteiger partial charge in [-0.25, -0.2) is 12.8 Å². The van der Waals surface area contributed by atoms with E-state index in [-0.39, 0.29) is 23.9 Å². The molecule has 6 nitrogen and oxygen atoms in total. The van der Waals surface area contributed by atoms with Gasteiger partial charge in [-0.15, -0.1) is 0 Å². The second kappa shape index (κ2) is 9.82. The van der Waals surface area contributed by atoms with Gasteiger partial charge < -0.3 is 5.32 Å². The maximum absolute atomic E-state index is 13.5. The Hall–Kier alpha value is -3.07. The van der Waals surface area contributed by atoms with Crippen molar-refractivity contribution in [3.63, 3.8) is 0 Å². The summed E-state index contributed by atoms with van der Waals surface area (Å²) in [6.45, 7) is 3.10. The van der Waals surface area contributed by atoms with E-state index in [0.29, 0.717) is 13.1 Å². The lowest BCUT2D eigenvalue weighted by Gasteiger charge is -2.36. The van der Waals surface area contributed by atoms with Gasteiger partial charge in [0.2, 0.25) is 15.9 Å². The Labute approximate surface area is 193 Å². The third-order valence-corrected chi connectivity index (χ3v) is 7.80. The van der Waals surface area contributed by atoms with Gasteiger partial charge in [0.05, 0.1) is 10.9 Å². The normalized spacial score (nSPS) is 16.3. The van der Waals surface area contributed by atoms with Crippen molar-refractivity contribution in [3.8, 4) is 11.1 Å². The van der Waals surface area contributed by atoms with Gasteiger partial charge in [0.15, 0.2) is 0 Å². The smallest absolute Gasteiger partial charge is 0.243 e. The molecule has 33 heavy (non-hydrogen) atoms. The van der Waals surface area contributed by atoms with Crippen LogP contribution < -0.4 is 5.32 Å². The molecule has 4 rings (SSSR count). The van der Waals surface area contributed by atoms with Crippen molar-refractivity contribution in [2.75, 3.05) is 31.5 Å². The number of anilines is 1. The lowest BCUT2D eigenvalue weighted by atomic mass is 10.0. The van der Waals surface area contributed by atoms with Gasteiger partial charge in [0.25, 0.3) is 0 Å². The van der Waals surface area contributed by atoms with Crippen molar-refractivity contribution in [2.24, 2.45) is 0 Å². The molecule has 1 amide bonds. The Kier molecular flexibility index (Phi) is 6.88. The summed E-state index contributed by atoms with van der Waals surface area (Å²) in [6.07, 6.45) is 0. The van der Waals surface area contributed by atoms with Crippen LogP contribution in [0.5, 0.6) is 0 Å². The predicted molar refractivity (Wildman–Crippen MR) is 127 cm³/mol. The second-order valence-electron chi connectivity index (χ2n) is 7.97. The highest BCUT2D eigenvalue weighted by Gasteiger charge is 2.32. The first-order valence-electron chi connectivity index (χ1n) is 10.8. The molecular formula is C25H26FN3O3S. The lowest BCUT2D eigenvalue weighted by molar-refractivity contribution is -0.121. The van der Waals surface area contributed by atoms with Crippen LogP contribution in [0.4, 0.5) is 10.1 Å². The molecule has 0 aromatic heterocycles. The molecule has 1 fully saturated rings. The largest absolute Gasteiger partial charge is 0.324 e. The zero-order chi connectivity index (χ0) is 23.4. The molecule has 0 radical (unpaired) electrons. The molecule has 1 atom stereocenters. The van der Waals surface area contributed by atoms with Gasteiger partial charge in [0.1, 0.15) is 5.82 Å². The molecule has 1 aliphatic rings. The zero-order valence-corrected chi connectivity index (χ0v) is 19.1. The monoisotopic (exact) mass is 467 g/mol. The standard InChI is InChI=1S/C25H26FN3O3S/c1-19(25(30)27-24-13-6-5-12-23(24)20-8-3-2-4-9-20)28-14-16-29(17-15-28)33(31,32)22-11-7-10-21(26)18-22/h2-13,18-19H,14-17H2,1H3,(H,27,30). The fourth-order valence-electron chi connectivity index (χ4n) is 3.97. The quantitative estimate of drug-likeness (QED) is 0.598. The van der Waals surface area contributed by atoms with E-state index >= 15 is 0 Å². The summed E-state index contributed by atoms with van der Waals surface area (Å²) in [7, 11) is -3.77.